The van der Waals surface area contributed by atoms with Gasteiger partial charge in [0.2, 0.25) is 0 Å². The summed E-state index contributed by atoms with van der Waals surface area (Å²) in [7, 11) is -0.607. The number of hydrogen-bond acceptors (Lipinski definition) is 9. The van der Waals surface area contributed by atoms with Crippen molar-refractivity contribution in [3.63, 3.8) is 0 Å². The van der Waals surface area contributed by atoms with Gasteiger partial charge in [0.05, 0.1) is 15.1 Å². The number of nitrogens with zero attached hydrogens (tertiary/aromatic N) is 2. The highest BCUT2D eigenvalue weighted by molar-refractivity contribution is 7.70. The van der Waals surface area contributed by atoms with Crippen LogP contribution in [0, 0.1) is 17.6 Å². The molecular formula is C51H55Cl5F3N5O4P2. The van der Waals surface area contributed by atoms with Crippen molar-refractivity contribution in [3.8, 4) is 33.8 Å². The number of ether oxygens (including phenoxy) is 2. The van der Waals surface area contributed by atoms with Gasteiger partial charge in [-0.05, 0) is 113 Å². The lowest BCUT2D eigenvalue weighted by Crippen LogP contribution is -2.18. The van der Waals surface area contributed by atoms with Crippen LogP contribution in [0.15, 0.2) is 120 Å². The molecule has 2 heterocycles. The number of allylic oxidation sites excluding steroid dienone is 4. The van der Waals surface area contributed by atoms with E-state index in [-0.39, 0.29) is 32.5 Å². The number of halogens is 8. The van der Waals surface area contributed by atoms with E-state index >= 15 is 0 Å². The van der Waals surface area contributed by atoms with Crippen LogP contribution in [-0.4, -0.2) is 29.8 Å². The van der Waals surface area contributed by atoms with Crippen molar-refractivity contribution in [2.75, 3.05) is 31.3 Å². The van der Waals surface area contributed by atoms with Gasteiger partial charge in [0.1, 0.15) is 45.9 Å². The molecule has 5 N–H and O–H groups in total. The molecule has 0 saturated carbocycles. The number of nitrogens with one attached hydrogen (secondary N) is 1. The van der Waals surface area contributed by atoms with Crippen LogP contribution in [0.3, 0.4) is 0 Å². The fourth-order valence-corrected chi connectivity index (χ4v) is 8.62. The molecule has 0 aliphatic heterocycles. The first-order valence-corrected chi connectivity index (χ1v) is 26.3. The van der Waals surface area contributed by atoms with E-state index in [1.807, 2.05) is 42.5 Å². The van der Waals surface area contributed by atoms with Crippen LogP contribution in [0.4, 0.5) is 24.8 Å². The SMILES string of the molecule is C/C=C\C(F)=C(/C)Cl.CC(C)CNCc1ccc(-c2cnc(N)c(OC(C)c3c(Cl)ccc(F)c3Cl)c2)cc1.CC(Oc1cc(-c2ccc(P(C)(C)=O)cc2)cnc1N)c1c(Cl)ccc(F)c1Cl.O=P. The maximum atomic E-state index is 13.9. The summed E-state index contributed by atoms with van der Waals surface area (Å²) in [4.78, 5) is 8.45. The third-order valence-corrected chi connectivity index (χ3v) is 13.1. The van der Waals surface area contributed by atoms with Gasteiger partial charge in [0, 0.05) is 56.5 Å². The van der Waals surface area contributed by atoms with Crippen LogP contribution in [0.5, 0.6) is 11.5 Å². The molecule has 0 aliphatic carbocycles. The van der Waals surface area contributed by atoms with Crippen molar-refractivity contribution in [2.24, 2.45) is 5.92 Å². The zero-order chi connectivity index (χ0) is 52.5. The molecule has 2 unspecified atom stereocenters. The Balaban J connectivity index is 0.000000311. The highest BCUT2D eigenvalue weighted by Gasteiger charge is 2.22. The lowest BCUT2D eigenvalue weighted by Gasteiger charge is -2.19. The Hall–Kier alpha value is -4.61. The third-order valence-electron chi connectivity index (χ3n) is 9.98. The summed E-state index contributed by atoms with van der Waals surface area (Å²) in [6.45, 7) is 16.3. The second kappa shape index (κ2) is 28.4. The van der Waals surface area contributed by atoms with Crippen LogP contribution in [-0.2, 0) is 15.7 Å². The second-order valence-electron chi connectivity index (χ2n) is 16.2. The summed E-state index contributed by atoms with van der Waals surface area (Å²) >= 11 is 29.8. The molecule has 0 saturated heterocycles. The van der Waals surface area contributed by atoms with Gasteiger partial charge in [-0.15, -0.1) is 0 Å². The maximum Gasteiger partial charge on any atom is 0.166 e. The van der Waals surface area contributed by atoms with Crippen molar-refractivity contribution in [1.82, 2.24) is 15.3 Å². The smallest absolute Gasteiger partial charge is 0.166 e. The Labute approximate surface area is 435 Å². The highest BCUT2D eigenvalue weighted by atomic mass is 35.5. The molecule has 0 fully saturated rings. The van der Waals surface area contributed by atoms with E-state index in [0.717, 1.165) is 40.6 Å². The number of benzene rings is 4. The van der Waals surface area contributed by atoms with Crippen molar-refractivity contribution in [3.05, 3.63) is 169 Å². The molecule has 9 nitrogen and oxygen atoms in total. The Morgan fingerprint density at radius 3 is 1.50 bits per heavy atom. The standard InChI is InChI=1S/C24H26Cl2FN3O.C21H20Cl2FN2O2P.C6H8ClF.HOP/c1-14(2)11-29-12-16-4-6-17(7-5-16)18-10-21(24(28)30-13-18)31-15(3)22-19(25)8-9-20(27)23(22)26;1-12(19-16(22)8-9-17(24)20(19)23)28-18-10-14(11-26-21(18)25)13-4-6-15(7-5-13)29(2,3)27;1-3-4-6(8)5(2)7;1-2/h4-10,13-15,29H,11-12H2,1-3H3,(H2,28,30);4-12H,1-3H3,(H2,25,26);3-4H,1-2H3;2H/b;;4-3-,6-5-;. The number of rotatable bonds is 14. The lowest BCUT2D eigenvalue weighted by molar-refractivity contribution is 0.227. The Morgan fingerprint density at radius 2 is 1.14 bits per heavy atom. The van der Waals surface area contributed by atoms with Crippen LogP contribution in [0.1, 0.15) is 70.4 Å². The largest absolute Gasteiger partial charge is 0.482 e. The number of pyridine rings is 2. The Kier molecular flexibility index (Phi) is 24.3. The van der Waals surface area contributed by atoms with Crippen LogP contribution in [0.25, 0.3) is 22.3 Å². The zero-order valence-corrected chi connectivity index (χ0v) is 45.4. The molecule has 2 atom stereocenters. The highest BCUT2D eigenvalue weighted by Crippen LogP contribution is 2.40. The Bertz CT molecular complexity index is 2800. The van der Waals surface area contributed by atoms with E-state index in [1.54, 1.807) is 67.8 Å². The van der Waals surface area contributed by atoms with E-state index in [2.05, 4.69) is 41.3 Å². The minimum atomic E-state index is -2.33. The number of hydrogen-bond donors (Lipinski definition) is 3. The van der Waals surface area contributed by atoms with Gasteiger partial charge in [-0.1, -0.05) is 126 Å². The fourth-order valence-electron chi connectivity index (χ4n) is 6.34. The number of nitrogens with two attached hydrogens (primary N) is 2. The zero-order valence-electron chi connectivity index (χ0n) is 39.7. The number of aromatic nitrogens is 2. The molecule has 374 valence electrons. The van der Waals surface area contributed by atoms with Crippen LogP contribution in [0.2, 0.25) is 20.1 Å². The first-order valence-electron chi connectivity index (χ1n) is 21.4. The van der Waals surface area contributed by atoms with Gasteiger partial charge in [0.25, 0.3) is 0 Å². The minimum absolute atomic E-state index is 0.0654. The normalized spacial score (nSPS) is 12.4. The van der Waals surface area contributed by atoms with Crippen molar-refractivity contribution >= 4 is 91.2 Å². The van der Waals surface area contributed by atoms with Gasteiger partial charge in [0.15, 0.2) is 23.1 Å². The molecule has 0 spiro atoms. The summed E-state index contributed by atoms with van der Waals surface area (Å²) in [5, 5.41) is 4.89. The van der Waals surface area contributed by atoms with Gasteiger partial charge < -0.3 is 30.8 Å². The van der Waals surface area contributed by atoms with Crippen LogP contribution >= 0.6 is 74.3 Å². The molecule has 0 amide bonds. The van der Waals surface area contributed by atoms with E-state index < -0.39 is 31.0 Å². The molecule has 0 bridgehead atoms. The molecule has 6 aromatic rings. The first-order chi connectivity index (χ1) is 33.0. The van der Waals surface area contributed by atoms with Gasteiger partial charge in [-0.25, -0.2) is 23.1 Å². The molecule has 70 heavy (non-hydrogen) atoms. The molecule has 19 heteroatoms. The maximum absolute atomic E-state index is 13.9. The quantitative estimate of drug-likeness (QED) is 0.0552. The topological polar surface area (TPSA) is 142 Å². The molecule has 2 aromatic heterocycles. The summed E-state index contributed by atoms with van der Waals surface area (Å²) < 4.78 is 72.1. The van der Waals surface area contributed by atoms with Crippen LogP contribution < -0.4 is 31.6 Å². The van der Waals surface area contributed by atoms with Crippen molar-refractivity contribution < 1.29 is 31.8 Å². The van der Waals surface area contributed by atoms with E-state index in [0.29, 0.717) is 38.6 Å². The second-order valence-corrected chi connectivity index (χ2v) is 21.6. The van der Waals surface area contributed by atoms with Gasteiger partial charge in [-0.3, -0.25) is 4.57 Å². The Morgan fingerprint density at radius 1 is 0.729 bits per heavy atom. The van der Waals surface area contributed by atoms with E-state index in [4.69, 9.17) is 83.5 Å². The molecule has 0 aliphatic rings. The van der Waals surface area contributed by atoms with Gasteiger partial charge in [-0.2, -0.15) is 0 Å². The summed E-state index contributed by atoms with van der Waals surface area (Å²) in [5.74, 6) is 0.231. The van der Waals surface area contributed by atoms with Crippen molar-refractivity contribution in [1.29, 1.82) is 0 Å². The predicted molar refractivity (Wildman–Crippen MR) is 288 cm³/mol. The summed E-state index contributed by atoms with van der Waals surface area (Å²) in [5.41, 5.74) is 17.4. The van der Waals surface area contributed by atoms with E-state index in [9.17, 15) is 17.7 Å². The molecule has 6 rings (SSSR count). The van der Waals surface area contributed by atoms with Gasteiger partial charge >= 0.3 is 0 Å². The fraction of sp³-hybridized carbons (Fsp3) is 0.255. The van der Waals surface area contributed by atoms with Crippen molar-refractivity contribution in [2.45, 2.75) is 60.3 Å². The lowest BCUT2D eigenvalue weighted by atomic mass is 10.0. The molecule has 4 aromatic carbocycles. The average molecular weight is 1100 g/mol. The first kappa shape index (κ1) is 59.7. The molecular weight excluding hydrogens is 1040 g/mol. The summed E-state index contributed by atoms with van der Waals surface area (Å²) in [6.07, 6.45) is 4.97. The monoisotopic (exact) mass is 1100 g/mol. The molecule has 0 radical (unpaired) electrons. The van der Waals surface area contributed by atoms with E-state index in [1.165, 1.54) is 42.8 Å². The minimum Gasteiger partial charge on any atom is -0.482 e. The number of nitrogen functional groups attached to an aromatic ring is 2. The number of anilines is 2. The predicted octanol–water partition coefficient (Wildman–Crippen LogP) is 16.3. The third kappa shape index (κ3) is 17.6. The summed E-state index contributed by atoms with van der Waals surface area (Å²) in [6, 6.07) is 24.5. The average Bonchev–Trinajstić information content (AvgIpc) is 3.31.